The van der Waals surface area contributed by atoms with Crippen LogP contribution in [0.25, 0.3) is 0 Å². The summed E-state index contributed by atoms with van der Waals surface area (Å²) in [6.07, 6.45) is 0.987. The van der Waals surface area contributed by atoms with Gasteiger partial charge in [-0.25, -0.2) is 4.39 Å². The molecule has 2 heterocycles. The van der Waals surface area contributed by atoms with Crippen molar-refractivity contribution in [2.24, 2.45) is 5.92 Å². The van der Waals surface area contributed by atoms with E-state index >= 15 is 0 Å². The number of carbonyl (C=O) groups is 2. The van der Waals surface area contributed by atoms with E-state index < -0.39 is 17.8 Å². The van der Waals surface area contributed by atoms with Gasteiger partial charge in [0.05, 0.1) is 19.3 Å². The second-order valence-corrected chi connectivity index (χ2v) is 8.72. The van der Waals surface area contributed by atoms with Crippen LogP contribution in [0.1, 0.15) is 36.3 Å². The molecule has 1 amide bonds. The van der Waals surface area contributed by atoms with Crippen molar-refractivity contribution < 1.29 is 23.8 Å². The summed E-state index contributed by atoms with van der Waals surface area (Å²) in [6, 6.07) is 11.9. The first-order valence-electron chi connectivity index (χ1n) is 10.5. The number of piperidine rings is 1. The van der Waals surface area contributed by atoms with E-state index in [0.717, 1.165) is 17.7 Å². The molecule has 2 aromatic carbocycles. The number of ketones is 1. The minimum absolute atomic E-state index is 0.0483. The smallest absolute Gasteiger partial charge is 0.230 e. The molecular weight excluding hydrogens is 421 g/mol. The van der Waals surface area contributed by atoms with Crippen molar-refractivity contribution in [2.75, 3.05) is 24.7 Å². The lowest BCUT2D eigenvalue weighted by molar-refractivity contribution is -0.128. The minimum Gasteiger partial charge on any atom is -0.390 e. The Morgan fingerprint density at radius 3 is 2.65 bits per heavy atom. The molecule has 3 atom stereocenters. The summed E-state index contributed by atoms with van der Waals surface area (Å²) in [6.45, 7) is 1.43. The SMILES string of the molecule is O=C(Cc1ccc(Cl)cc1F)C[C@@H]1CCCN(c2ccc(C3COCC3O)cc2)C1=O. The Hall–Kier alpha value is -2.28. The molecule has 2 saturated heterocycles. The predicted octanol–water partition coefficient (Wildman–Crippen LogP) is 3.90. The highest BCUT2D eigenvalue weighted by Gasteiger charge is 2.32. The van der Waals surface area contributed by atoms with Crippen LogP contribution >= 0.6 is 11.6 Å². The Morgan fingerprint density at radius 1 is 1.19 bits per heavy atom. The zero-order valence-electron chi connectivity index (χ0n) is 17.1. The van der Waals surface area contributed by atoms with Gasteiger partial charge in [-0.1, -0.05) is 29.8 Å². The van der Waals surface area contributed by atoms with Crippen LogP contribution in [-0.2, 0) is 20.7 Å². The second-order valence-electron chi connectivity index (χ2n) is 8.29. The summed E-state index contributed by atoms with van der Waals surface area (Å²) in [7, 11) is 0. The molecule has 164 valence electrons. The summed E-state index contributed by atoms with van der Waals surface area (Å²) in [5, 5.41) is 10.3. The molecular formula is C24H25ClFNO4. The Morgan fingerprint density at radius 2 is 1.97 bits per heavy atom. The fourth-order valence-corrected chi connectivity index (χ4v) is 4.54. The molecule has 2 aliphatic heterocycles. The number of hydrogen-bond donors (Lipinski definition) is 1. The number of aliphatic hydroxyl groups excluding tert-OH is 1. The van der Waals surface area contributed by atoms with Crippen molar-refractivity contribution in [3.8, 4) is 0 Å². The van der Waals surface area contributed by atoms with Crippen LogP contribution in [-0.4, -0.2) is 42.7 Å². The molecule has 0 aliphatic carbocycles. The number of aliphatic hydroxyl groups is 1. The van der Waals surface area contributed by atoms with Crippen LogP contribution < -0.4 is 4.90 Å². The van der Waals surface area contributed by atoms with Crippen LogP contribution in [0.15, 0.2) is 42.5 Å². The van der Waals surface area contributed by atoms with E-state index in [1.807, 2.05) is 24.3 Å². The van der Waals surface area contributed by atoms with Crippen LogP contribution in [0.3, 0.4) is 0 Å². The van der Waals surface area contributed by atoms with Gasteiger partial charge in [0.15, 0.2) is 0 Å². The van der Waals surface area contributed by atoms with Crippen molar-refractivity contribution in [3.05, 3.63) is 64.4 Å². The molecule has 0 radical (unpaired) electrons. The van der Waals surface area contributed by atoms with Crippen LogP contribution in [0.5, 0.6) is 0 Å². The Kier molecular flexibility index (Phi) is 6.70. The average molecular weight is 446 g/mol. The fourth-order valence-electron chi connectivity index (χ4n) is 4.38. The third-order valence-electron chi connectivity index (χ3n) is 6.11. The second kappa shape index (κ2) is 9.47. The van der Waals surface area contributed by atoms with E-state index in [1.165, 1.54) is 12.1 Å². The van der Waals surface area contributed by atoms with E-state index in [-0.39, 0.29) is 35.5 Å². The monoisotopic (exact) mass is 445 g/mol. The number of nitrogens with zero attached hydrogens (tertiary/aromatic N) is 1. The van der Waals surface area contributed by atoms with E-state index in [2.05, 4.69) is 0 Å². The highest BCUT2D eigenvalue weighted by molar-refractivity contribution is 6.30. The molecule has 0 saturated carbocycles. The number of Topliss-reactive ketones (excluding diaryl/α,β-unsaturated/α-hetero) is 1. The van der Waals surface area contributed by atoms with Crippen LogP contribution in [0.2, 0.25) is 5.02 Å². The van der Waals surface area contributed by atoms with Gasteiger partial charge < -0.3 is 14.7 Å². The molecule has 0 aromatic heterocycles. The van der Waals surface area contributed by atoms with Gasteiger partial charge in [-0.15, -0.1) is 0 Å². The number of halogens is 2. The summed E-state index contributed by atoms with van der Waals surface area (Å²) in [5.41, 5.74) is 2.06. The summed E-state index contributed by atoms with van der Waals surface area (Å²) in [4.78, 5) is 27.3. The van der Waals surface area contributed by atoms with E-state index in [1.54, 1.807) is 11.0 Å². The number of rotatable bonds is 6. The van der Waals surface area contributed by atoms with Crippen molar-refractivity contribution in [1.82, 2.24) is 0 Å². The molecule has 2 unspecified atom stereocenters. The van der Waals surface area contributed by atoms with Crippen molar-refractivity contribution in [1.29, 1.82) is 0 Å². The fraction of sp³-hybridized carbons (Fsp3) is 0.417. The molecule has 7 heteroatoms. The first kappa shape index (κ1) is 21.9. The van der Waals surface area contributed by atoms with Crippen molar-refractivity contribution >= 4 is 29.0 Å². The molecule has 0 spiro atoms. The highest BCUT2D eigenvalue weighted by atomic mass is 35.5. The number of carbonyl (C=O) groups excluding carboxylic acids is 2. The molecule has 0 bridgehead atoms. The number of ether oxygens (including phenoxy) is 1. The van der Waals surface area contributed by atoms with Gasteiger partial charge in [0.2, 0.25) is 5.91 Å². The zero-order chi connectivity index (χ0) is 22.0. The first-order valence-corrected chi connectivity index (χ1v) is 10.9. The minimum atomic E-state index is -0.511. The van der Waals surface area contributed by atoms with Crippen molar-refractivity contribution in [2.45, 2.75) is 37.7 Å². The zero-order valence-corrected chi connectivity index (χ0v) is 17.9. The molecule has 5 nitrogen and oxygen atoms in total. The van der Waals surface area contributed by atoms with Gasteiger partial charge >= 0.3 is 0 Å². The van der Waals surface area contributed by atoms with Gasteiger partial charge in [-0.3, -0.25) is 9.59 Å². The van der Waals surface area contributed by atoms with Crippen LogP contribution in [0.4, 0.5) is 10.1 Å². The largest absolute Gasteiger partial charge is 0.390 e. The maximum atomic E-state index is 14.0. The van der Waals surface area contributed by atoms with Gasteiger partial charge in [0.1, 0.15) is 11.6 Å². The normalized spacial score (nSPS) is 23.9. The Balaban J connectivity index is 1.40. The topological polar surface area (TPSA) is 66.8 Å². The lowest BCUT2D eigenvalue weighted by Gasteiger charge is -2.32. The number of benzene rings is 2. The van der Waals surface area contributed by atoms with Crippen molar-refractivity contribution in [3.63, 3.8) is 0 Å². The standard InChI is InChI=1S/C24H25ClFNO4/c25-18-6-3-16(22(26)12-18)10-20(28)11-17-2-1-9-27(24(17)30)19-7-4-15(5-8-19)21-13-31-14-23(21)29/h3-8,12,17,21,23,29H,1-2,9-11,13-14H2/t17-,21?,23?/m0/s1. The average Bonchev–Trinajstić information content (AvgIpc) is 3.18. The molecule has 1 N–H and O–H groups in total. The maximum absolute atomic E-state index is 14.0. The van der Waals surface area contributed by atoms with Gasteiger partial charge in [-0.2, -0.15) is 0 Å². The van der Waals surface area contributed by atoms with E-state index in [4.69, 9.17) is 16.3 Å². The predicted molar refractivity (Wildman–Crippen MR) is 116 cm³/mol. The first-order chi connectivity index (χ1) is 14.9. The van der Waals surface area contributed by atoms with E-state index in [0.29, 0.717) is 31.7 Å². The summed E-state index contributed by atoms with van der Waals surface area (Å²) < 4.78 is 19.3. The summed E-state index contributed by atoms with van der Waals surface area (Å²) >= 11 is 5.76. The molecule has 31 heavy (non-hydrogen) atoms. The molecule has 2 aromatic rings. The third kappa shape index (κ3) is 4.97. The molecule has 4 rings (SSSR count). The lowest BCUT2D eigenvalue weighted by atomic mass is 9.89. The number of anilines is 1. The molecule has 2 aliphatic rings. The Bertz CT molecular complexity index is 965. The quantitative estimate of drug-likeness (QED) is 0.732. The van der Waals surface area contributed by atoms with Gasteiger partial charge in [-0.05, 0) is 48.2 Å². The number of amides is 1. The van der Waals surface area contributed by atoms with Gasteiger partial charge in [0.25, 0.3) is 0 Å². The highest BCUT2D eigenvalue weighted by Crippen LogP contribution is 2.30. The van der Waals surface area contributed by atoms with E-state index in [9.17, 15) is 19.1 Å². The van der Waals surface area contributed by atoms with Gasteiger partial charge in [0, 0.05) is 41.9 Å². The Labute approximate surface area is 185 Å². The molecule has 2 fully saturated rings. The lowest BCUT2D eigenvalue weighted by Crippen LogP contribution is -2.42. The van der Waals surface area contributed by atoms with Crippen LogP contribution in [0, 0.1) is 11.7 Å². The third-order valence-corrected chi connectivity index (χ3v) is 6.34. The summed E-state index contributed by atoms with van der Waals surface area (Å²) in [5.74, 6) is -1.19. The number of hydrogen-bond acceptors (Lipinski definition) is 4. The maximum Gasteiger partial charge on any atom is 0.230 e.